The van der Waals surface area contributed by atoms with Crippen molar-refractivity contribution in [2.45, 2.75) is 25.8 Å². The van der Waals surface area contributed by atoms with Crippen LogP contribution in [0, 0.1) is 6.92 Å². The normalized spacial score (nSPS) is 11.7. The number of ether oxygens (including phenoxy) is 1. The van der Waals surface area contributed by atoms with Crippen molar-refractivity contribution >= 4 is 11.9 Å². The van der Waals surface area contributed by atoms with Gasteiger partial charge < -0.3 is 15.2 Å². The number of benzene rings is 1. The molecule has 1 unspecified atom stereocenters. The molecule has 5 heteroatoms. The minimum absolute atomic E-state index is 0.260. The van der Waals surface area contributed by atoms with Crippen LogP contribution in [0.4, 0.5) is 0 Å². The van der Waals surface area contributed by atoms with E-state index >= 15 is 0 Å². The Morgan fingerprint density at radius 1 is 1.32 bits per heavy atom. The van der Waals surface area contributed by atoms with E-state index in [0.717, 1.165) is 5.56 Å². The number of carbonyl (C=O) groups is 2. The number of rotatable bonds is 6. The summed E-state index contributed by atoms with van der Waals surface area (Å²) in [4.78, 5) is 22.8. The Balaban J connectivity index is 2.42. The summed E-state index contributed by atoms with van der Waals surface area (Å²) in [6.07, 6.45) is 0.849. The first-order valence-corrected chi connectivity index (χ1v) is 6.10. The molecule has 0 saturated heterocycles. The fourth-order valence-corrected chi connectivity index (χ4v) is 1.60. The molecule has 104 valence electrons. The Morgan fingerprint density at radius 2 is 1.95 bits per heavy atom. The van der Waals surface area contributed by atoms with Crippen LogP contribution >= 0.6 is 0 Å². The Labute approximate surface area is 112 Å². The predicted octanol–water partition coefficient (Wildman–Crippen LogP) is 0.578. The van der Waals surface area contributed by atoms with Gasteiger partial charge in [-0.25, -0.2) is 4.79 Å². The van der Waals surface area contributed by atoms with Crippen molar-refractivity contribution in [3.63, 3.8) is 0 Å². The molecule has 1 aromatic carbocycles. The second-order valence-electron chi connectivity index (χ2n) is 4.31. The van der Waals surface area contributed by atoms with Gasteiger partial charge in [0.25, 0.3) is 0 Å². The first-order valence-electron chi connectivity index (χ1n) is 6.10. The summed E-state index contributed by atoms with van der Waals surface area (Å²) >= 11 is 0. The van der Waals surface area contributed by atoms with Gasteiger partial charge >= 0.3 is 5.97 Å². The third-order valence-corrected chi connectivity index (χ3v) is 2.76. The molecule has 0 radical (unpaired) electrons. The fraction of sp³-hybridized carbons (Fsp3) is 0.429. The number of methoxy groups -OCH3 is 1. The molecule has 0 spiro atoms. The summed E-state index contributed by atoms with van der Waals surface area (Å²) in [6.45, 7) is 1.53. The summed E-state index contributed by atoms with van der Waals surface area (Å²) in [5.41, 5.74) is 2.22. The second kappa shape index (κ2) is 7.53. The number of nitrogens with one attached hydrogen (secondary N) is 1. The summed E-state index contributed by atoms with van der Waals surface area (Å²) in [5.74, 6) is -0.934. The van der Waals surface area contributed by atoms with E-state index in [1.807, 2.05) is 31.2 Å². The summed E-state index contributed by atoms with van der Waals surface area (Å²) in [7, 11) is 1.21. The van der Waals surface area contributed by atoms with Crippen LogP contribution in [-0.2, 0) is 20.7 Å². The molecule has 1 atom stereocenters. The Hall–Kier alpha value is -1.88. The van der Waals surface area contributed by atoms with E-state index in [4.69, 9.17) is 5.11 Å². The third kappa shape index (κ3) is 5.09. The maximum absolute atomic E-state index is 11.6. The lowest BCUT2D eigenvalue weighted by atomic mass is 10.1. The zero-order valence-electron chi connectivity index (χ0n) is 11.2. The lowest BCUT2D eigenvalue weighted by molar-refractivity contribution is -0.146. The van der Waals surface area contributed by atoms with Crippen LogP contribution in [0.2, 0.25) is 0 Å². The summed E-state index contributed by atoms with van der Waals surface area (Å²) in [5, 5.41) is 11.4. The van der Waals surface area contributed by atoms with Crippen molar-refractivity contribution in [1.29, 1.82) is 0 Å². The average molecular weight is 265 g/mol. The van der Waals surface area contributed by atoms with Crippen LogP contribution in [-0.4, -0.2) is 36.7 Å². The van der Waals surface area contributed by atoms with Crippen molar-refractivity contribution in [3.8, 4) is 0 Å². The van der Waals surface area contributed by atoms with Gasteiger partial charge in [-0.2, -0.15) is 0 Å². The third-order valence-electron chi connectivity index (χ3n) is 2.76. The van der Waals surface area contributed by atoms with E-state index in [2.05, 4.69) is 10.1 Å². The van der Waals surface area contributed by atoms with E-state index in [1.165, 1.54) is 12.7 Å². The van der Waals surface area contributed by atoms with Crippen molar-refractivity contribution in [1.82, 2.24) is 5.32 Å². The van der Waals surface area contributed by atoms with Gasteiger partial charge in [0.2, 0.25) is 5.91 Å². The Kier molecular flexibility index (Phi) is 6.02. The second-order valence-corrected chi connectivity index (χ2v) is 4.31. The molecule has 19 heavy (non-hydrogen) atoms. The standard InChI is InChI=1S/C14H19NO4/c1-10-3-5-11(6-4-10)7-8-13(17)15-12(9-16)14(18)19-2/h3-6,12,16H,7-9H2,1-2H3,(H,15,17). The number of hydrogen-bond donors (Lipinski definition) is 2. The number of carbonyl (C=O) groups excluding carboxylic acids is 2. The van der Waals surface area contributed by atoms with Gasteiger partial charge in [-0.15, -0.1) is 0 Å². The van der Waals surface area contributed by atoms with E-state index in [9.17, 15) is 9.59 Å². The highest BCUT2D eigenvalue weighted by Crippen LogP contribution is 2.05. The number of amides is 1. The molecule has 0 aliphatic heterocycles. The molecule has 0 fully saturated rings. The van der Waals surface area contributed by atoms with Crippen molar-refractivity contribution < 1.29 is 19.4 Å². The van der Waals surface area contributed by atoms with Crippen LogP contribution in [0.5, 0.6) is 0 Å². The largest absolute Gasteiger partial charge is 0.467 e. The monoisotopic (exact) mass is 265 g/mol. The molecule has 0 bridgehead atoms. The van der Waals surface area contributed by atoms with Crippen molar-refractivity contribution in [2.75, 3.05) is 13.7 Å². The molecule has 0 heterocycles. The maximum Gasteiger partial charge on any atom is 0.330 e. The zero-order chi connectivity index (χ0) is 14.3. The molecule has 2 N–H and O–H groups in total. The molecule has 5 nitrogen and oxygen atoms in total. The van der Waals surface area contributed by atoms with Gasteiger partial charge in [-0.3, -0.25) is 4.79 Å². The highest BCUT2D eigenvalue weighted by Gasteiger charge is 2.19. The first kappa shape index (κ1) is 15.2. The Bertz CT molecular complexity index is 428. The minimum atomic E-state index is -0.990. The summed E-state index contributed by atoms with van der Waals surface area (Å²) in [6, 6.07) is 6.91. The van der Waals surface area contributed by atoms with E-state index in [0.29, 0.717) is 6.42 Å². The highest BCUT2D eigenvalue weighted by molar-refractivity contribution is 5.84. The molecular formula is C14H19NO4. The van der Waals surface area contributed by atoms with Gasteiger partial charge in [0.1, 0.15) is 0 Å². The molecule has 0 aliphatic carbocycles. The maximum atomic E-state index is 11.6. The lowest BCUT2D eigenvalue weighted by Gasteiger charge is -2.13. The van der Waals surface area contributed by atoms with E-state index in [-0.39, 0.29) is 12.3 Å². The van der Waals surface area contributed by atoms with Gasteiger partial charge in [0.05, 0.1) is 13.7 Å². The van der Waals surface area contributed by atoms with Crippen LogP contribution in [0.3, 0.4) is 0 Å². The van der Waals surface area contributed by atoms with Crippen molar-refractivity contribution in [2.24, 2.45) is 0 Å². The predicted molar refractivity (Wildman–Crippen MR) is 70.5 cm³/mol. The van der Waals surface area contributed by atoms with Gasteiger partial charge in [0, 0.05) is 6.42 Å². The van der Waals surface area contributed by atoms with Gasteiger partial charge in [-0.1, -0.05) is 29.8 Å². The fourth-order valence-electron chi connectivity index (χ4n) is 1.60. The molecular weight excluding hydrogens is 246 g/mol. The van der Waals surface area contributed by atoms with Gasteiger partial charge in [0.15, 0.2) is 6.04 Å². The zero-order valence-corrected chi connectivity index (χ0v) is 11.2. The van der Waals surface area contributed by atoms with Crippen LogP contribution < -0.4 is 5.32 Å². The first-order chi connectivity index (χ1) is 9.06. The molecule has 1 aromatic rings. The average Bonchev–Trinajstić information content (AvgIpc) is 2.43. The highest BCUT2D eigenvalue weighted by atomic mass is 16.5. The molecule has 1 rings (SSSR count). The smallest absolute Gasteiger partial charge is 0.330 e. The number of aliphatic hydroxyl groups is 1. The van der Waals surface area contributed by atoms with E-state index < -0.39 is 18.6 Å². The van der Waals surface area contributed by atoms with E-state index in [1.54, 1.807) is 0 Å². The number of hydrogen-bond acceptors (Lipinski definition) is 4. The van der Waals surface area contributed by atoms with Crippen LogP contribution in [0.25, 0.3) is 0 Å². The topological polar surface area (TPSA) is 75.6 Å². The van der Waals surface area contributed by atoms with Crippen molar-refractivity contribution in [3.05, 3.63) is 35.4 Å². The molecule has 0 aromatic heterocycles. The summed E-state index contributed by atoms with van der Waals surface area (Å²) < 4.78 is 4.47. The quantitative estimate of drug-likeness (QED) is 0.738. The number of esters is 1. The van der Waals surface area contributed by atoms with Crippen LogP contribution in [0.15, 0.2) is 24.3 Å². The minimum Gasteiger partial charge on any atom is -0.467 e. The van der Waals surface area contributed by atoms with Crippen LogP contribution in [0.1, 0.15) is 17.5 Å². The molecule has 1 amide bonds. The Morgan fingerprint density at radius 3 is 2.47 bits per heavy atom. The number of aryl methyl sites for hydroxylation is 2. The SMILES string of the molecule is COC(=O)C(CO)NC(=O)CCc1ccc(C)cc1. The number of aliphatic hydroxyl groups excluding tert-OH is 1. The van der Waals surface area contributed by atoms with Gasteiger partial charge in [-0.05, 0) is 18.9 Å². The lowest BCUT2D eigenvalue weighted by Crippen LogP contribution is -2.44. The molecule has 0 aliphatic rings. The molecule has 0 saturated carbocycles.